The third kappa shape index (κ3) is 3.83. The number of amides is 1. The summed E-state index contributed by atoms with van der Waals surface area (Å²) in [6, 6.07) is 7.38. The normalized spacial score (nSPS) is 11.0. The molecule has 0 spiro atoms. The molecule has 0 aliphatic carbocycles. The second kappa shape index (κ2) is 8.02. The number of nitrogens with zero attached hydrogens (tertiary/aromatic N) is 4. The van der Waals surface area contributed by atoms with Gasteiger partial charge in [-0.25, -0.2) is 9.97 Å². The Morgan fingerprint density at radius 2 is 2.12 bits per heavy atom. The zero-order chi connectivity index (χ0) is 18.0. The van der Waals surface area contributed by atoms with Crippen LogP contribution >= 0.6 is 46.3 Å². The van der Waals surface area contributed by atoms with Gasteiger partial charge in [-0.3, -0.25) is 8.77 Å². The Hall–Kier alpha value is -1.17. The molecule has 3 aromatic rings. The van der Waals surface area contributed by atoms with E-state index in [0.717, 1.165) is 22.3 Å². The molecule has 0 unspecified atom stereocenters. The summed E-state index contributed by atoms with van der Waals surface area (Å²) in [6.45, 7) is 0.256. The van der Waals surface area contributed by atoms with Crippen LogP contribution in [0.5, 0.6) is 0 Å². The number of carbonyl (C=O) groups excluding carboxylic acids is 1. The molecular formula is C16H14BrIN4O2S. The van der Waals surface area contributed by atoms with Gasteiger partial charge in [0.05, 0.1) is 12.8 Å². The van der Waals surface area contributed by atoms with Gasteiger partial charge in [0.15, 0.2) is 5.65 Å². The summed E-state index contributed by atoms with van der Waals surface area (Å²) < 4.78 is 2.63. The van der Waals surface area contributed by atoms with Crippen LogP contribution in [0.25, 0.3) is 22.3 Å². The van der Waals surface area contributed by atoms with Gasteiger partial charge >= 0.3 is 0 Å². The van der Waals surface area contributed by atoms with Gasteiger partial charge in [-0.05, 0) is 33.6 Å². The number of aliphatic hydroxyl groups excluding tert-OH is 1. The van der Waals surface area contributed by atoms with Crippen LogP contribution in [0, 0.1) is 0 Å². The first-order valence-electron chi connectivity index (χ1n) is 7.34. The molecule has 25 heavy (non-hydrogen) atoms. The van der Waals surface area contributed by atoms with Gasteiger partial charge in [-0.15, -0.1) is 0 Å². The predicted octanol–water partition coefficient (Wildman–Crippen LogP) is 3.77. The van der Waals surface area contributed by atoms with E-state index in [1.54, 1.807) is 25.4 Å². The first-order chi connectivity index (χ1) is 12.0. The van der Waals surface area contributed by atoms with E-state index >= 15 is 0 Å². The average Bonchev–Trinajstić information content (AvgIpc) is 2.99. The number of rotatable bonds is 5. The molecular weight excluding hydrogens is 519 g/mol. The minimum absolute atomic E-state index is 0.0542. The molecule has 0 saturated heterocycles. The van der Waals surface area contributed by atoms with Crippen LogP contribution in [-0.4, -0.2) is 50.1 Å². The second-order valence-electron chi connectivity index (χ2n) is 5.33. The Labute approximate surface area is 169 Å². The molecule has 0 saturated carbocycles. The zero-order valence-corrected chi connectivity index (χ0v) is 17.7. The van der Waals surface area contributed by atoms with Crippen molar-refractivity contribution in [1.29, 1.82) is 0 Å². The minimum Gasteiger partial charge on any atom is -0.395 e. The number of benzene rings is 1. The van der Waals surface area contributed by atoms with Crippen molar-refractivity contribution in [1.82, 2.24) is 18.8 Å². The van der Waals surface area contributed by atoms with Gasteiger partial charge in [0, 0.05) is 61.2 Å². The van der Waals surface area contributed by atoms with Gasteiger partial charge in [-0.2, -0.15) is 0 Å². The van der Waals surface area contributed by atoms with Gasteiger partial charge in [0.2, 0.25) is 0 Å². The maximum Gasteiger partial charge on any atom is 0.253 e. The molecule has 0 radical (unpaired) electrons. The molecule has 9 heteroatoms. The monoisotopic (exact) mass is 532 g/mol. The third-order valence-electron chi connectivity index (χ3n) is 3.73. The molecule has 1 aromatic carbocycles. The number of aliphatic hydroxyl groups is 1. The summed E-state index contributed by atoms with van der Waals surface area (Å²) in [4.78, 5) is 22.7. The minimum atomic E-state index is -0.117. The van der Waals surface area contributed by atoms with Crippen molar-refractivity contribution in [3.05, 3.63) is 46.8 Å². The van der Waals surface area contributed by atoms with E-state index in [0.29, 0.717) is 16.7 Å². The smallest absolute Gasteiger partial charge is 0.253 e. The van der Waals surface area contributed by atoms with Crippen LogP contribution in [0.3, 0.4) is 0 Å². The summed E-state index contributed by atoms with van der Waals surface area (Å²) in [5, 5.41) is 8.96. The molecule has 1 N–H and O–H groups in total. The highest BCUT2D eigenvalue weighted by Crippen LogP contribution is 2.33. The quantitative estimate of drug-likeness (QED) is 0.506. The highest BCUT2D eigenvalue weighted by Gasteiger charge is 2.15. The van der Waals surface area contributed by atoms with Crippen LogP contribution in [0.1, 0.15) is 10.4 Å². The molecule has 1 amide bonds. The molecule has 0 fully saturated rings. The Morgan fingerprint density at radius 1 is 1.40 bits per heavy atom. The van der Waals surface area contributed by atoms with Gasteiger partial charge in [-0.1, -0.05) is 12.1 Å². The predicted molar refractivity (Wildman–Crippen MR) is 112 cm³/mol. The summed E-state index contributed by atoms with van der Waals surface area (Å²) >= 11 is 5.57. The Kier molecular flexibility index (Phi) is 5.97. The Morgan fingerprint density at radius 3 is 2.76 bits per heavy atom. The van der Waals surface area contributed by atoms with Crippen LogP contribution < -0.4 is 0 Å². The summed E-state index contributed by atoms with van der Waals surface area (Å²) in [5.41, 5.74) is 4.09. The lowest BCUT2D eigenvalue weighted by atomic mass is 10.1. The van der Waals surface area contributed by atoms with Crippen molar-refractivity contribution >= 4 is 63.3 Å². The fourth-order valence-electron chi connectivity index (χ4n) is 2.47. The number of carbonyl (C=O) groups is 1. The molecule has 3 rings (SSSR count). The third-order valence-corrected chi connectivity index (χ3v) is 5.82. The van der Waals surface area contributed by atoms with Gasteiger partial charge in [0.25, 0.3) is 5.91 Å². The Balaban J connectivity index is 1.99. The van der Waals surface area contributed by atoms with Crippen molar-refractivity contribution < 1.29 is 9.90 Å². The number of halogens is 2. The molecule has 2 heterocycles. The number of aromatic nitrogens is 3. The standard InChI is InChI=1S/C16H14BrIN4O2S/c1-21(6-7-23)16(24)11-4-2-10(3-5-11)12-9-22(25-18)15-14(12)20-13(17)8-19-15/h2-5,8-9,23H,6-7H2,1H3. The summed E-state index contributed by atoms with van der Waals surface area (Å²) in [6.07, 6.45) is 3.66. The SMILES string of the molecule is CN(CCO)C(=O)c1ccc(-c2cn(SI)c3ncc(Br)nc23)cc1. The van der Waals surface area contributed by atoms with E-state index in [4.69, 9.17) is 5.11 Å². The molecule has 6 nitrogen and oxygen atoms in total. The van der Waals surface area contributed by atoms with E-state index in [1.165, 1.54) is 14.0 Å². The highest BCUT2D eigenvalue weighted by atomic mass is 127. The lowest BCUT2D eigenvalue weighted by molar-refractivity contribution is 0.0767. The maximum atomic E-state index is 12.3. The molecule has 0 aliphatic heterocycles. The van der Waals surface area contributed by atoms with Crippen molar-refractivity contribution in [3.8, 4) is 11.1 Å². The summed E-state index contributed by atoms with van der Waals surface area (Å²) in [5.74, 6) is -0.117. The van der Waals surface area contributed by atoms with E-state index in [1.807, 2.05) is 22.3 Å². The first-order valence-corrected chi connectivity index (χ1v) is 11.5. The highest BCUT2D eigenvalue weighted by molar-refractivity contribution is 14.2. The van der Waals surface area contributed by atoms with Crippen molar-refractivity contribution in [2.75, 3.05) is 20.2 Å². The molecule has 130 valence electrons. The first kappa shape index (κ1) is 18.6. The van der Waals surface area contributed by atoms with E-state index in [-0.39, 0.29) is 12.5 Å². The fourth-order valence-corrected chi connectivity index (χ4v) is 4.00. The molecule has 0 aliphatic rings. The van der Waals surface area contributed by atoms with Crippen molar-refractivity contribution in [2.24, 2.45) is 0 Å². The van der Waals surface area contributed by atoms with E-state index in [9.17, 15) is 4.79 Å². The van der Waals surface area contributed by atoms with E-state index in [2.05, 4.69) is 47.1 Å². The number of fused-ring (bicyclic) bond motifs is 1. The number of hydrogen-bond acceptors (Lipinski definition) is 5. The number of likely N-dealkylation sites (N-methyl/N-ethyl adjacent to an activating group) is 1. The lowest BCUT2D eigenvalue weighted by Crippen LogP contribution is -2.29. The van der Waals surface area contributed by atoms with Gasteiger partial charge < -0.3 is 10.0 Å². The van der Waals surface area contributed by atoms with Crippen LogP contribution in [-0.2, 0) is 0 Å². The molecule has 0 atom stereocenters. The average molecular weight is 533 g/mol. The van der Waals surface area contributed by atoms with Crippen LogP contribution in [0.15, 0.2) is 41.3 Å². The lowest BCUT2D eigenvalue weighted by Gasteiger charge is -2.15. The molecule has 2 aromatic heterocycles. The van der Waals surface area contributed by atoms with Crippen LogP contribution in [0.2, 0.25) is 0 Å². The van der Waals surface area contributed by atoms with Crippen molar-refractivity contribution in [2.45, 2.75) is 0 Å². The number of hydrogen-bond donors (Lipinski definition) is 1. The van der Waals surface area contributed by atoms with Crippen molar-refractivity contribution in [3.63, 3.8) is 0 Å². The van der Waals surface area contributed by atoms with Crippen LogP contribution in [0.4, 0.5) is 0 Å². The van der Waals surface area contributed by atoms with Gasteiger partial charge in [0.1, 0.15) is 10.1 Å². The Bertz CT molecular complexity index is 916. The maximum absolute atomic E-state index is 12.3. The second-order valence-corrected chi connectivity index (χ2v) is 7.86. The topological polar surface area (TPSA) is 71.2 Å². The zero-order valence-electron chi connectivity index (χ0n) is 13.2. The largest absolute Gasteiger partial charge is 0.395 e. The summed E-state index contributed by atoms with van der Waals surface area (Å²) in [7, 11) is 3.19. The molecule has 0 bridgehead atoms. The fraction of sp³-hybridized carbons (Fsp3) is 0.188. The van der Waals surface area contributed by atoms with E-state index < -0.39 is 0 Å².